The van der Waals surface area contributed by atoms with Crippen LogP contribution in [0.3, 0.4) is 0 Å². The molecule has 1 saturated heterocycles. The highest BCUT2D eigenvalue weighted by Crippen LogP contribution is 2.21. The number of likely N-dealkylation sites (tertiary alicyclic amines) is 1. The maximum Gasteiger partial charge on any atom is 0.247 e. The van der Waals surface area contributed by atoms with E-state index in [1.54, 1.807) is 6.26 Å². The molecular formula is C19H22N2O3. The van der Waals surface area contributed by atoms with Crippen LogP contribution < -0.4 is 0 Å². The number of hydrogen-bond acceptors (Lipinski definition) is 4. The number of amides is 2. The number of likely N-dealkylation sites (N-methyl/N-ethyl adjacent to an activating group) is 1. The predicted octanol–water partition coefficient (Wildman–Crippen LogP) is 2.39. The third-order valence-corrected chi connectivity index (χ3v) is 4.61. The Balaban J connectivity index is 1.62. The Bertz CT molecular complexity index is 723. The number of rotatable bonds is 6. The van der Waals surface area contributed by atoms with Crippen LogP contribution in [-0.2, 0) is 22.6 Å². The van der Waals surface area contributed by atoms with Gasteiger partial charge in [0.1, 0.15) is 5.76 Å². The van der Waals surface area contributed by atoms with Gasteiger partial charge in [-0.3, -0.25) is 19.4 Å². The highest BCUT2D eigenvalue weighted by molar-refractivity contribution is 6.05. The maximum absolute atomic E-state index is 12.6. The largest absolute Gasteiger partial charge is 0.469 e. The summed E-state index contributed by atoms with van der Waals surface area (Å²) in [5, 5.41) is 0. The summed E-state index contributed by atoms with van der Waals surface area (Å²) in [5.74, 6) is 0.663. The molecule has 2 aromatic rings. The van der Waals surface area contributed by atoms with Gasteiger partial charge in [0.25, 0.3) is 0 Å². The summed E-state index contributed by atoms with van der Waals surface area (Å²) in [6, 6.07) is 11.4. The van der Waals surface area contributed by atoms with E-state index in [4.69, 9.17) is 4.42 Å². The molecule has 0 aliphatic carbocycles. The summed E-state index contributed by atoms with van der Waals surface area (Å²) in [6.45, 7) is 2.94. The molecule has 5 heteroatoms. The third-order valence-electron chi connectivity index (χ3n) is 4.61. The Morgan fingerprint density at radius 2 is 1.96 bits per heavy atom. The van der Waals surface area contributed by atoms with E-state index in [2.05, 4.69) is 0 Å². The van der Waals surface area contributed by atoms with Crippen molar-refractivity contribution in [3.8, 4) is 0 Å². The molecule has 2 heterocycles. The molecule has 1 fully saturated rings. The van der Waals surface area contributed by atoms with E-state index in [-0.39, 0.29) is 24.3 Å². The van der Waals surface area contributed by atoms with Crippen LogP contribution in [0.2, 0.25) is 0 Å². The molecule has 5 nitrogen and oxygen atoms in total. The first-order valence-electron chi connectivity index (χ1n) is 8.17. The Kier molecular flexibility index (Phi) is 4.81. The third kappa shape index (κ3) is 3.41. The summed E-state index contributed by atoms with van der Waals surface area (Å²) in [4.78, 5) is 28.2. The number of benzene rings is 1. The second-order valence-electron chi connectivity index (χ2n) is 6.26. The topological polar surface area (TPSA) is 53.8 Å². The molecule has 0 radical (unpaired) electrons. The molecule has 24 heavy (non-hydrogen) atoms. The van der Waals surface area contributed by atoms with Crippen molar-refractivity contribution < 1.29 is 14.0 Å². The first kappa shape index (κ1) is 16.5. The second kappa shape index (κ2) is 7.01. The number of nitrogens with zero attached hydrogens (tertiary/aromatic N) is 2. The quantitative estimate of drug-likeness (QED) is 0.765. The zero-order chi connectivity index (χ0) is 17.1. The van der Waals surface area contributed by atoms with Crippen LogP contribution in [0, 0.1) is 6.92 Å². The van der Waals surface area contributed by atoms with Crippen molar-refractivity contribution >= 4 is 11.8 Å². The number of aryl methyl sites for hydroxylation is 1. The summed E-state index contributed by atoms with van der Waals surface area (Å²) in [6.07, 6.45) is 2.59. The van der Waals surface area contributed by atoms with Crippen molar-refractivity contribution in [3.63, 3.8) is 0 Å². The van der Waals surface area contributed by atoms with Gasteiger partial charge in [-0.15, -0.1) is 0 Å². The van der Waals surface area contributed by atoms with E-state index in [9.17, 15) is 9.59 Å². The number of carbonyl (C=O) groups is 2. The van der Waals surface area contributed by atoms with Gasteiger partial charge in [0.2, 0.25) is 11.8 Å². The van der Waals surface area contributed by atoms with Crippen LogP contribution in [0.4, 0.5) is 0 Å². The lowest BCUT2D eigenvalue weighted by Gasteiger charge is -2.22. The smallest absolute Gasteiger partial charge is 0.247 e. The van der Waals surface area contributed by atoms with Crippen molar-refractivity contribution in [1.29, 1.82) is 0 Å². The van der Waals surface area contributed by atoms with Crippen molar-refractivity contribution in [1.82, 2.24) is 9.80 Å². The van der Waals surface area contributed by atoms with Gasteiger partial charge in [0.05, 0.1) is 18.7 Å². The van der Waals surface area contributed by atoms with E-state index in [0.29, 0.717) is 19.5 Å². The van der Waals surface area contributed by atoms with Gasteiger partial charge in [-0.2, -0.15) is 0 Å². The Morgan fingerprint density at radius 3 is 2.62 bits per heavy atom. The molecule has 0 spiro atoms. The fourth-order valence-corrected chi connectivity index (χ4v) is 3.08. The Hall–Kier alpha value is -2.40. The van der Waals surface area contributed by atoms with Gasteiger partial charge in [0, 0.05) is 18.7 Å². The normalized spacial score (nSPS) is 18.0. The average Bonchev–Trinajstić information content (AvgIpc) is 3.10. The lowest BCUT2D eigenvalue weighted by atomic mass is 10.1. The monoisotopic (exact) mass is 326 g/mol. The number of hydrogen-bond donors (Lipinski definition) is 0. The van der Waals surface area contributed by atoms with E-state index in [1.165, 1.54) is 4.90 Å². The van der Waals surface area contributed by atoms with Crippen molar-refractivity contribution in [2.75, 3.05) is 13.6 Å². The number of imide groups is 1. The van der Waals surface area contributed by atoms with Gasteiger partial charge in [-0.05, 0) is 32.0 Å². The molecule has 0 unspecified atom stereocenters. The van der Waals surface area contributed by atoms with Crippen LogP contribution in [-0.4, -0.2) is 41.2 Å². The van der Waals surface area contributed by atoms with Gasteiger partial charge in [-0.25, -0.2) is 0 Å². The highest BCUT2D eigenvalue weighted by Gasteiger charge is 2.40. The van der Waals surface area contributed by atoms with Crippen molar-refractivity contribution in [2.45, 2.75) is 32.4 Å². The maximum atomic E-state index is 12.6. The SMILES string of the molecule is Cc1occc1CN(C)[C@@H]1CC(=O)N(CCc2ccccc2)C1=O. The summed E-state index contributed by atoms with van der Waals surface area (Å²) in [5.41, 5.74) is 2.17. The molecule has 3 rings (SSSR count). The van der Waals surface area contributed by atoms with Gasteiger partial charge >= 0.3 is 0 Å². The molecular weight excluding hydrogens is 304 g/mol. The zero-order valence-corrected chi connectivity index (χ0v) is 14.1. The number of furan rings is 1. The average molecular weight is 326 g/mol. The minimum atomic E-state index is -0.387. The molecule has 1 aliphatic heterocycles. The molecule has 2 amide bonds. The Labute approximate surface area is 141 Å². The first-order chi connectivity index (χ1) is 11.6. The second-order valence-corrected chi connectivity index (χ2v) is 6.26. The highest BCUT2D eigenvalue weighted by atomic mass is 16.3. The van der Waals surface area contributed by atoms with Gasteiger partial charge in [0.15, 0.2) is 0 Å². The molecule has 126 valence electrons. The van der Waals surface area contributed by atoms with Crippen LogP contribution >= 0.6 is 0 Å². The Morgan fingerprint density at radius 1 is 1.21 bits per heavy atom. The predicted molar refractivity (Wildman–Crippen MR) is 90.2 cm³/mol. The summed E-state index contributed by atoms with van der Waals surface area (Å²) >= 11 is 0. The lowest BCUT2D eigenvalue weighted by Crippen LogP contribution is -2.40. The standard InChI is InChI=1S/C19H22N2O3/c1-14-16(9-11-24-14)13-20(2)17-12-18(22)21(19(17)23)10-8-15-6-4-3-5-7-15/h3-7,9,11,17H,8,10,12-13H2,1-2H3/t17-/m1/s1. The van der Waals surface area contributed by atoms with Crippen LogP contribution in [0.25, 0.3) is 0 Å². The number of carbonyl (C=O) groups excluding carboxylic acids is 2. The zero-order valence-electron chi connectivity index (χ0n) is 14.1. The summed E-state index contributed by atoms with van der Waals surface area (Å²) in [7, 11) is 1.88. The molecule has 1 aliphatic rings. The molecule has 0 N–H and O–H groups in total. The first-order valence-corrected chi connectivity index (χ1v) is 8.17. The minimum absolute atomic E-state index is 0.0864. The summed E-state index contributed by atoms with van der Waals surface area (Å²) < 4.78 is 5.30. The molecule has 1 atom stereocenters. The van der Waals surface area contributed by atoms with E-state index < -0.39 is 0 Å². The molecule has 1 aromatic heterocycles. The molecule has 0 saturated carbocycles. The van der Waals surface area contributed by atoms with E-state index >= 15 is 0 Å². The van der Waals surface area contributed by atoms with E-state index in [1.807, 2.05) is 55.3 Å². The van der Waals surface area contributed by atoms with Gasteiger partial charge in [-0.1, -0.05) is 30.3 Å². The fourth-order valence-electron chi connectivity index (χ4n) is 3.08. The van der Waals surface area contributed by atoms with Gasteiger partial charge < -0.3 is 4.42 Å². The van der Waals surface area contributed by atoms with Crippen LogP contribution in [0.1, 0.15) is 23.3 Å². The fraction of sp³-hybridized carbons (Fsp3) is 0.368. The molecule has 0 bridgehead atoms. The van der Waals surface area contributed by atoms with Crippen LogP contribution in [0.5, 0.6) is 0 Å². The van der Waals surface area contributed by atoms with Crippen LogP contribution in [0.15, 0.2) is 47.1 Å². The minimum Gasteiger partial charge on any atom is -0.469 e. The lowest BCUT2D eigenvalue weighted by molar-refractivity contribution is -0.139. The van der Waals surface area contributed by atoms with Crippen molar-refractivity contribution in [3.05, 3.63) is 59.5 Å². The molecule has 1 aromatic carbocycles. The van der Waals surface area contributed by atoms with E-state index in [0.717, 1.165) is 16.9 Å². The van der Waals surface area contributed by atoms with Crippen molar-refractivity contribution in [2.24, 2.45) is 0 Å².